The summed E-state index contributed by atoms with van der Waals surface area (Å²) < 4.78 is 4.59. The van der Waals surface area contributed by atoms with Crippen molar-refractivity contribution in [3.63, 3.8) is 0 Å². The van der Waals surface area contributed by atoms with E-state index >= 15 is 0 Å². The number of thioether (sulfide) groups is 1. The number of halogens is 1. The first-order valence-electron chi connectivity index (χ1n) is 12.6. The van der Waals surface area contributed by atoms with Crippen molar-refractivity contribution < 1.29 is 24.2 Å². The third kappa shape index (κ3) is 4.19. The van der Waals surface area contributed by atoms with Crippen LogP contribution in [0.25, 0.3) is 0 Å². The number of nitrogens with zero attached hydrogens (tertiary/aromatic N) is 1. The summed E-state index contributed by atoms with van der Waals surface area (Å²) in [7, 11) is 0. The molecule has 2 bridgehead atoms. The third-order valence-corrected chi connectivity index (χ3v) is 11.1. The third-order valence-electron chi connectivity index (χ3n) is 7.88. The van der Waals surface area contributed by atoms with Crippen LogP contribution in [0.3, 0.4) is 0 Å². The first-order chi connectivity index (χ1) is 17.7. The monoisotopic (exact) mass is 586 g/mol. The van der Waals surface area contributed by atoms with E-state index in [1.165, 1.54) is 0 Å². The largest absolute Gasteiger partial charge is 0.466 e. The van der Waals surface area contributed by atoms with Gasteiger partial charge in [-0.2, -0.15) is 0 Å². The Morgan fingerprint density at radius 2 is 1.97 bits per heavy atom. The molecule has 2 aromatic carbocycles. The average Bonchev–Trinajstić information content (AvgIpc) is 3.46. The summed E-state index contributed by atoms with van der Waals surface area (Å²) in [6.45, 7) is 5.51. The van der Waals surface area contributed by atoms with Crippen molar-refractivity contribution >= 4 is 51.2 Å². The van der Waals surface area contributed by atoms with Gasteiger partial charge in [-0.05, 0) is 49.9 Å². The van der Waals surface area contributed by atoms with Gasteiger partial charge in [0.2, 0.25) is 11.8 Å². The Balaban J connectivity index is 1.62. The summed E-state index contributed by atoms with van der Waals surface area (Å²) in [4.78, 5) is 43.1. The number of likely N-dealkylation sites (tertiary alicyclic amines) is 1. The molecule has 37 heavy (non-hydrogen) atoms. The number of ether oxygens (including phenoxy) is 1. The summed E-state index contributed by atoms with van der Waals surface area (Å²) in [5.74, 6) is -2.36. The Hall–Kier alpha value is -2.36. The van der Waals surface area contributed by atoms with Crippen molar-refractivity contribution in [2.45, 2.75) is 54.1 Å². The van der Waals surface area contributed by atoms with Crippen LogP contribution < -0.4 is 5.32 Å². The fourth-order valence-corrected chi connectivity index (χ4v) is 9.90. The molecule has 2 N–H and O–H groups in total. The smallest absolute Gasteiger partial charge is 0.310 e. The molecule has 3 unspecified atom stereocenters. The summed E-state index contributed by atoms with van der Waals surface area (Å²) in [5, 5.41) is 13.5. The lowest BCUT2D eigenvalue weighted by Crippen LogP contribution is -2.53. The molecule has 1 spiro atoms. The predicted octanol–water partition coefficient (Wildman–Crippen LogP) is 4.00. The molecule has 3 aliphatic heterocycles. The number of aliphatic hydroxyl groups is 1. The zero-order chi connectivity index (χ0) is 26.5. The van der Waals surface area contributed by atoms with Crippen molar-refractivity contribution in [3.05, 3.63) is 65.2 Å². The van der Waals surface area contributed by atoms with Gasteiger partial charge in [-0.25, -0.2) is 0 Å². The lowest BCUT2D eigenvalue weighted by atomic mass is 9.71. The zero-order valence-electron chi connectivity index (χ0n) is 21.0. The van der Waals surface area contributed by atoms with Gasteiger partial charge in [0.25, 0.3) is 0 Å². The highest BCUT2D eigenvalue weighted by atomic mass is 79.9. The Bertz CT molecular complexity index is 1230. The normalized spacial score (nSPS) is 30.8. The van der Waals surface area contributed by atoms with E-state index in [-0.39, 0.29) is 35.1 Å². The van der Waals surface area contributed by atoms with E-state index in [1.54, 1.807) is 23.6 Å². The number of hydrogen-bond acceptors (Lipinski definition) is 6. The Morgan fingerprint density at radius 3 is 2.65 bits per heavy atom. The molecule has 2 amide bonds. The van der Waals surface area contributed by atoms with E-state index in [0.29, 0.717) is 12.1 Å². The molecular weight excluding hydrogens is 556 g/mol. The van der Waals surface area contributed by atoms with Crippen molar-refractivity contribution in [1.82, 2.24) is 4.90 Å². The molecule has 0 saturated carbocycles. The van der Waals surface area contributed by atoms with Crippen molar-refractivity contribution in [1.29, 1.82) is 0 Å². The van der Waals surface area contributed by atoms with Gasteiger partial charge in [-0.3, -0.25) is 14.4 Å². The van der Waals surface area contributed by atoms with Crippen LogP contribution >= 0.6 is 27.7 Å². The van der Waals surface area contributed by atoms with E-state index < -0.39 is 34.6 Å². The number of hydrogen-bond donors (Lipinski definition) is 2. The topological polar surface area (TPSA) is 95.9 Å². The maximum Gasteiger partial charge on any atom is 0.310 e. The average molecular weight is 588 g/mol. The second-order valence-electron chi connectivity index (χ2n) is 10.1. The molecule has 7 nitrogen and oxygen atoms in total. The zero-order valence-corrected chi connectivity index (χ0v) is 23.4. The molecular formula is C28H31BrN2O5S. The molecule has 3 saturated heterocycles. The fourth-order valence-electron chi connectivity index (χ4n) is 6.31. The quantitative estimate of drug-likeness (QED) is 0.376. The summed E-state index contributed by atoms with van der Waals surface area (Å²) >= 11 is 5.30. The van der Waals surface area contributed by atoms with Crippen LogP contribution in [0.15, 0.2) is 48.5 Å². The number of carbonyl (C=O) groups excluding carboxylic acids is 3. The number of benzene rings is 2. The van der Waals surface area contributed by atoms with E-state index in [9.17, 15) is 19.5 Å². The summed E-state index contributed by atoms with van der Waals surface area (Å²) in [5.41, 5.74) is 3.35. The van der Waals surface area contributed by atoms with E-state index in [0.717, 1.165) is 16.7 Å². The highest BCUT2D eigenvalue weighted by Gasteiger charge is 2.76. The van der Waals surface area contributed by atoms with E-state index in [2.05, 4.69) is 21.2 Å². The van der Waals surface area contributed by atoms with Crippen molar-refractivity contribution in [2.24, 2.45) is 11.8 Å². The number of amides is 2. The SMILES string of the molecule is CCOC(=O)[C@H]1[C@@H]2SC3(CC2Br)C(C(=O)Nc2cc(C)ccc2C)N([C@H](CO)c2ccccc2)C(=O)[C@H]13. The standard InChI is InChI=1S/C28H31BrN2O5S/c1-4-36-27(35)21-22-26(34)31(20(14-32)17-8-6-5-7-9-17)24(28(22)13-18(29)23(21)37-28)25(33)30-19-12-15(2)10-11-16(19)3/h5-12,18,20-24,32H,4,13-14H2,1-3H3,(H,30,33)/t18?,20-,21-,22+,23-,24?,28?/m1/s1. The predicted molar refractivity (Wildman–Crippen MR) is 147 cm³/mol. The number of fused-ring (bicyclic) bond motifs is 1. The van der Waals surface area contributed by atoms with Crippen LogP contribution in [-0.4, -0.2) is 61.9 Å². The fraction of sp³-hybridized carbons (Fsp3) is 0.464. The van der Waals surface area contributed by atoms with Crippen LogP contribution in [0, 0.1) is 25.7 Å². The lowest BCUT2D eigenvalue weighted by Gasteiger charge is -2.37. The minimum atomic E-state index is -0.878. The van der Waals surface area contributed by atoms with Crippen molar-refractivity contribution in [2.75, 3.05) is 18.5 Å². The molecule has 0 radical (unpaired) electrons. The molecule has 196 valence electrons. The minimum absolute atomic E-state index is 0.0452. The summed E-state index contributed by atoms with van der Waals surface area (Å²) in [6, 6.07) is 13.5. The van der Waals surface area contributed by atoms with Crippen LogP contribution in [0.4, 0.5) is 5.69 Å². The van der Waals surface area contributed by atoms with Crippen LogP contribution in [-0.2, 0) is 19.1 Å². The highest BCUT2D eigenvalue weighted by molar-refractivity contribution is 9.09. The molecule has 5 rings (SSSR count). The number of esters is 1. The van der Waals surface area contributed by atoms with Crippen LogP contribution in [0.1, 0.15) is 36.1 Å². The lowest BCUT2D eigenvalue weighted by molar-refractivity contribution is -0.154. The number of anilines is 1. The molecule has 3 aliphatic rings. The van der Waals surface area contributed by atoms with Gasteiger partial charge in [0.05, 0.1) is 35.8 Å². The number of carbonyl (C=O) groups is 3. The van der Waals surface area contributed by atoms with Gasteiger partial charge < -0.3 is 20.1 Å². The number of alkyl halides is 1. The van der Waals surface area contributed by atoms with Gasteiger partial charge in [0.15, 0.2) is 0 Å². The molecule has 0 aromatic heterocycles. The molecule has 3 heterocycles. The Labute approximate surface area is 229 Å². The number of aliphatic hydroxyl groups excluding tert-OH is 1. The van der Waals surface area contributed by atoms with Gasteiger partial charge in [-0.1, -0.05) is 58.4 Å². The van der Waals surface area contributed by atoms with Crippen LogP contribution in [0.5, 0.6) is 0 Å². The number of rotatable bonds is 7. The van der Waals surface area contributed by atoms with E-state index in [4.69, 9.17) is 4.74 Å². The van der Waals surface area contributed by atoms with Gasteiger partial charge >= 0.3 is 5.97 Å². The Kier molecular flexibility index (Phi) is 7.15. The Morgan fingerprint density at radius 1 is 1.24 bits per heavy atom. The highest BCUT2D eigenvalue weighted by Crippen LogP contribution is 2.68. The molecule has 0 aliphatic carbocycles. The van der Waals surface area contributed by atoms with Crippen molar-refractivity contribution in [3.8, 4) is 0 Å². The molecule has 3 fully saturated rings. The first-order valence-corrected chi connectivity index (χ1v) is 14.4. The number of nitrogens with one attached hydrogen (secondary N) is 1. The number of aryl methyl sites for hydroxylation is 2. The minimum Gasteiger partial charge on any atom is -0.466 e. The molecule has 2 aromatic rings. The van der Waals surface area contributed by atoms with Crippen LogP contribution in [0.2, 0.25) is 0 Å². The van der Waals surface area contributed by atoms with Gasteiger partial charge in [0.1, 0.15) is 6.04 Å². The second-order valence-corrected chi connectivity index (χ2v) is 12.8. The summed E-state index contributed by atoms with van der Waals surface area (Å²) in [6.07, 6.45) is 0.559. The second kappa shape index (κ2) is 10.1. The molecule has 9 heteroatoms. The molecule has 7 atom stereocenters. The van der Waals surface area contributed by atoms with Gasteiger partial charge in [-0.15, -0.1) is 11.8 Å². The first kappa shape index (κ1) is 26.3. The maximum absolute atomic E-state index is 14.3. The maximum atomic E-state index is 14.3. The van der Waals surface area contributed by atoms with Gasteiger partial charge in [0, 0.05) is 15.8 Å². The van der Waals surface area contributed by atoms with E-state index in [1.807, 2.05) is 62.4 Å².